The minimum absolute atomic E-state index is 0.00943. The summed E-state index contributed by atoms with van der Waals surface area (Å²) in [5.74, 6) is -1.31. The zero-order valence-corrected chi connectivity index (χ0v) is 22.9. The molecule has 204 valence electrons. The number of hydrogen-bond donors (Lipinski definition) is 0. The summed E-state index contributed by atoms with van der Waals surface area (Å²) in [6, 6.07) is 24.6. The number of esters is 1. The summed E-state index contributed by atoms with van der Waals surface area (Å²) in [4.78, 5) is 40.2. The van der Waals surface area contributed by atoms with Crippen molar-refractivity contribution < 1.29 is 28.2 Å². The first-order valence-corrected chi connectivity index (χ1v) is 12.9. The van der Waals surface area contributed by atoms with Crippen LogP contribution in [-0.4, -0.2) is 24.1 Å². The fourth-order valence-electron chi connectivity index (χ4n) is 4.22. The summed E-state index contributed by atoms with van der Waals surface area (Å²) in [5, 5.41) is 0.116. The van der Waals surface area contributed by atoms with Crippen LogP contribution in [0, 0.1) is 19.7 Å². The molecule has 0 heterocycles. The van der Waals surface area contributed by atoms with E-state index in [1.54, 1.807) is 49.4 Å². The van der Waals surface area contributed by atoms with Crippen LogP contribution in [0.1, 0.15) is 39.5 Å². The van der Waals surface area contributed by atoms with Gasteiger partial charge in [-0.2, -0.15) is 0 Å². The van der Waals surface area contributed by atoms with Crippen LogP contribution in [0.25, 0.3) is 0 Å². The van der Waals surface area contributed by atoms with E-state index in [9.17, 15) is 18.8 Å². The quantitative estimate of drug-likeness (QED) is 0.125. The molecular formula is C32H27ClFNO5. The second kappa shape index (κ2) is 12.6. The van der Waals surface area contributed by atoms with Crippen molar-refractivity contribution in [3.63, 3.8) is 0 Å². The predicted molar refractivity (Wildman–Crippen MR) is 152 cm³/mol. The number of nitrogens with zero attached hydrogens (tertiary/aromatic N) is 1. The van der Waals surface area contributed by atoms with E-state index in [1.165, 1.54) is 42.2 Å². The van der Waals surface area contributed by atoms with Gasteiger partial charge in [0, 0.05) is 18.1 Å². The van der Waals surface area contributed by atoms with Crippen LogP contribution in [0.4, 0.5) is 20.6 Å². The lowest BCUT2D eigenvalue weighted by molar-refractivity contribution is -0.163. The van der Waals surface area contributed by atoms with Crippen LogP contribution in [-0.2, 0) is 20.7 Å². The first kappa shape index (κ1) is 28.5. The molecule has 0 radical (unpaired) electrons. The Hall–Kier alpha value is -4.49. The van der Waals surface area contributed by atoms with Crippen molar-refractivity contribution in [3.8, 4) is 0 Å². The summed E-state index contributed by atoms with van der Waals surface area (Å²) in [6.07, 6.45) is -2.09. The van der Waals surface area contributed by atoms with Crippen molar-refractivity contribution in [2.45, 2.75) is 33.5 Å². The third-order valence-electron chi connectivity index (χ3n) is 6.18. The molecule has 1 atom stereocenters. The Morgan fingerprint density at radius 1 is 0.825 bits per heavy atom. The zero-order valence-electron chi connectivity index (χ0n) is 22.2. The van der Waals surface area contributed by atoms with Crippen LogP contribution in [0.3, 0.4) is 0 Å². The molecule has 0 N–H and O–H groups in total. The van der Waals surface area contributed by atoms with Gasteiger partial charge in [0.15, 0.2) is 5.78 Å². The Morgan fingerprint density at radius 3 is 2.20 bits per heavy atom. The molecule has 0 aliphatic carbocycles. The second-order valence-corrected chi connectivity index (χ2v) is 9.59. The molecule has 0 saturated heterocycles. The van der Waals surface area contributed by atoms with Crippen molar-refractivity contribution >= 4 is 40.8 Å². The van der Waals surface area contributed by atoms with Crippen LogP contribution in [0.15, 0.2) is 91.0 Å². The van der Waals surface area contributed by atoms with Gasteiger partial charge in [-0.25, -0.2) is 14.1 Å². The Balaban J connectivity index is 1.60. The van der Waals surface area contributed by atoms with Gasteiger partial charge in [0.05, 0.1) is 22.8 Å². The van der Waals surface area contributed by atoms with E-state index < -0.39 is 24.2 Å². The topological polar surface area (TPSA) is 72.9 Å². The number of amides is 1. The maximum atomic E-state index is 13.9. The van der Waals surface area contributed by atoms with E-state index in [0.717, 1.165) is 11.1 Å². The molecule has 4 rings (SSSR count). The first-order valence-electron chi connectivity index (χ1n) is 12.5. The minimum Gasteiger partial charge on any atom is -0.425 e. The maximum Gasteiger partial charge on any atom is 0.422 e. The number of anilines is 2. The molecule has 0 aliphatic rings. The molecule has 40 heavy (non-hydrogen) atoms. The SMILES string of the molecule is Cc1ccccc1C(=O)c1ccc(N(C(=O)OC(C)OC(=O)Cc2ccccc2)c2ccc(F)cc2C)cc1Cl. The lowest BCUT2D eigenvalue weighted by atomic mass is 9.99. The zero-order chi connectivity index (χ0) is 28.8. The predicted octanol–water partition coefficient (Wildman–Crippen LogP) is 7.73. The van der Waals surface area contributed by atoms with Gasteiger partial charge in [-0.1, -0.05) is 66.2 Å². The molecule has 1 unspecified atom stereocenters. The van der Waals surface area contributed by atoms with Gasteiger partial charge in [0.25, 0.3) is 0 Å². The average Bonchev–Trinajstić information content (AvgIpc) is 2.90. The number of aryl methyl sites for hydroxylation is 2. The molecule has 4 aromatic rings. The summed E-state index contributed by atoms with van der Waals surface area (Å²) in [7, 11) is 0. The normalized spacial score (nSPS) is 11.4. The number of hydrogen-bond acceptors (Lipinski definition) is 5. The summed E-state index contributed by atoms with van der Waals surface area (Å²) < 4.78 is 24.6. The van der Waals surface area contributed by atoms with Crippen molar-refractivity contribution in [2.24, 2.45) is 0 Å². The average molecular weight is 560 g/mol. The molecule has 0 aliphatic heterocycles. The lowest BCUT2D eigenvalue weighted by Crippen LogP contribution is -2.32. The van der Waals surface area contributed by atoms with E-state index in [4.69, 9.17) is 21.1 Å². The Bertz CT molecular complexity index is 1560. The van der Waals surface area contributed by atoms with Crippen LogP contribution in [0.5, 0.6) is 0 Å². The standard InChI is InChI=1S/C32H27ClFNO5/c1-20-9-7-8-12-26(20)31(37)27-15-14-25(19-28(27)33)35(29-16-13-24(34)17-21(29)2)32(38)40-22(3)39-30(36)18-23-10-5-4-6-11-23/h4-17,19,22H,18H2,1-3H3. The number of carbonyl (C=O) groups is 3. The minimum atomic E-state index is -1.22. The van der Waals surface area contributed by atoms with Gasteiger partial charge in [-0.3, -0.25) is 9.59 Å². The maximum absolute atomic E-state index is 13.9. The van der Waals surface area contributed by atoms with E-state index in [-0.39, 0.29) is 28.5 Å². The van der Waals surface area contributed by atoms with E-state index >= 15 is 0 Å². The largest absolute Gasteiger partial charge is 0.425 e. The Morgan fingerprint density at radius 2 is 1.52 bits per heavy atom. The number of halogens is 2. The first-order chi connectivity index (χ1) is 19.1. The number of ether oxygens (including phenoxy) is 2. The second-order valence-electron chi connectivity index (χ2n) is 9.18. The molecule has 8 heteroatoms. The highest BCUT2D eigenvalue weighted by atomic mass is 35.5. The highest BCUT2D eigenvalue weighted by Crippen LogP contribution is 2.34. The van der Waals surface area contributed by atoms with E-state index in [1.807, 2.05) is 25.1 Å². The Labute approximate surface area is 236 Å². The monoisotopic (exact) mass is 559 g/mol. The van der Waals surface area contributed by atoms with Crippen molar-refractivity contribution in [1.29, 1.82) is 0 Å². The third-order valence-corrected chi connectivity index (χ3v) is 6.50. The molecule has 0 saturated carbocycles. The van der Waals surface area contributed by atoms with E-state index in [2.05, 4.69) is 0 Å². The number of ketones is 1. The molecule has 0 spiro atoms. The van der Waals surface area contributed by atoms with Gasteiger partial charge in [-0.15, -0.1) is 0 Å². The van der Waals surface area contributed by atoms with Crippen molar-refractivity contribution in [2.75, 3.05) is 4.90 Å². The molecule has 1 amide bonds. The van der Waals surface area contributed by atoms with Crippen molar-refractivity contribution in [3.05, 3.63) is 130 Å². The summed E-state index contributed by atoms with van der Waals surface area (Å²) in [6.45, 7) is 4.89. The Kier molecular flexibility index (Phi) is 8.97. The fraction of sp³-hybridized carbons (Fsp3) is 0.156. The van der Waals surface area contributed by atoms with Gasteiger partial charge in [-0.05, 0) is 66.9 Å². The smallest absolute Gasteiger partial charge is 0.422 e. The number of benzene rings is 4. The molecule has 4 aromatic carbocycles. The number of carbonyl (C=O) groups excluding carboxylic acids is 3. The van der Waals surface area contributed by atoms with E-state index in [0.29, 0.717) is 16.8 Å². The van der Waals surface area contributed by atoms with Crippen LogP contribution in [0.2, 0.25) is 5.02 Å². The molecule has 0 bridgehead atoms. The molecule has 0 aromatic heterocycles. The van der Waals surface area contributed by atoms with Crippen LogP contribution < -0.4 is 4.90 Å². The van der Waals surface area contributed by atoms with Gasteiger partial charge in [0.1, 0.15) is 5.82 Å². The van der Waals surface area contributed by atoms with Crippen LogP contribution >= 0.6 is 11.6 Å². The van der Waals surface area contributed by atoms with Crippen molar-refractivity contribution in [1.82, 2.24) is 0 Å². The van der Waals surface area contributed by atoms with Gasteiger partial charge < -0.3 is 9.47 Å². The summed E-state index contributed by atoms with van der Waals surface area (Å²) >= 11 is 6.55. The molecule has 0 fully saturated rings. The van der Waals surface area contributed by atoms with Gasteiger partial charge >= 0.3 is 12.1 Å². The molecule has 6 nitrogen and oxygen atoms in total. The van der Waals surface area contributed by atoms with Gasteiger partial charge in [0.2, 0.25) is 6.29 Å². The fourth-order valence-corrected chi connectivity index (χ4v) is 4.48. The highest BCUT2D eigenvalue weighted by Gasteiger charge is 2.26. The third kappa shape index (κ3) is 6.74. The highest BCUT2D eigenvalue weighted by molar-refractivity contribution is 6.35. The summed E-state index contributed by atoms with van der Waals surface area (Å²) in [5.41, 5.74) is 3.36. The number of rotatable bonds is 8. The lowest BCUT2D eigenvalue weighted by Gasteiger charge is -2.26. The molecular weight excluding hydrogens is 533 g/mol.